The molecule has 0 aliphatic carbocycles. The Kier molecular flexibility index (Phi) is 4.88. The third-order valence-corrected chi connectivity index (χ3v) is 11.4. The molecule has 0 heterocycles. The molecule has 4 heteroatoms. The van der Waals surface area contributed by atoms with Gasteiger partial charge < -0.3 is 0 Å². The highest BCUT2D eigenvalue weighted by atomic mass is 28.3. The maximum absolute atomic E-state index is 14.3. The summed E-state index contributed by atoms with van der Waals surface area (Å²) in [6.45, 7) is 12.4. The summed E-state index contributed by atoms with van der Waals surface area (Å²) in [5.74, 6) is -3.43. The molecule has 108 valence electrons. The van der Waals surface area contributed by atoms with Gasteiger partial charge in [0.1, 0.15) is 0 Å². The van der Waals surface area contributed by atoms with Gasteiger partial charge in [-0.2, -0.15) is 0 Å². The first-order valence-electron chi connectivity index (χ1n) is 6.81. The van der Waals surface area contributed by atoms with Crippen molar-refractivity contribution in [2.24, 2.45) is 0 Å². The second kappa shape index (κ2) is 5.69. The maximum Gasteiger partial charge on any atom is 0.194 e. The second-order valence-corrected chi connectivity index (χ2v) is 12.0. The van der Waals surface area contributed by atoms with E-state index in [2.05, 4.69) is 41.5 Å². The van der Waals surface area contributed by atoms with E-state index in [0.717, 1.165) is 6.07 Å². The van der Waals surface area contributed by atoms with E-state index in [9.17, 15) is 13.2 Å². The molecule has 0 amide bonds. The van der Waals surface area contributed by atoms with Gasteiger partial charge in [0.15, 0.2) is 17.5 Å². The highest BCUT2D eigenvalue weighted by Gasteiger charge is 2.46. The van der Waals surface area contributed by atoms with Crippen LogP contribution in [0.15, 0.2) is 12.1 Å². The molecule has 0 bridgehead atoms. The van der Waals surface area contributed by atoms with Gasteiger partial charge in [0.2, 0.25) is 0 Å². The van der Waals surface area contributed by atoms with Crippen LogP contribution in [0, 0.1) is 17.5 Å². The van der Waals surface area contributed by atoms with Crippen LogP contribution in [-0.2, 0) is 0 Å². The lowest BCUT2D eigenvalue weighted by Crippen LogP contribution is -2.57. The molecule has 1 rings (SSSR count). The Morgan fingerprint density at radius 3 is 1.53 bits per heavy atom. The van der Waals surface area contributed by atoms with Crippen molar-refractivity contribution in [1.29, 1.82) is 0 Å². The SMILES string of the molecule is CC(C)[Si](c1ccc(F)c(F)c1F)(C(C)C)C(C)C. The van der Waals surface area contributed by atoms with Crippen LogP contribution in [0.2, 0.25) is 16.6 Å². The van der Waals surface area contributed by atoms with Gasteiger partial charge in [-0.1, -0.05) is 47.6 Å². The largest absolute Gasteiger partial charge is 0.204 e. The molecule has 0 radical (unpaired) electrons. The summed E-state index contributed by atoms with van der Waals surface area (Å²) in [6.07, 6.45) is 0. The summed E-state index contributed by atoms with van der Waals surface area (Å²) in [5, 5.41) is 0.423. The van der Waals surface area contributed by atoms with Crippen LogP contribution in [-0.4, -0.2) is 8.07 Å². The van der Waals surface area contributed by atoms with Crippen LogP contribution in [0.25, 0.3) is 0 Å². The average Bonchev–Trinajstić information content (AvgIpc) is 2.28. The van der Waals surface area contributed by atoms with Crippen LogP contribution in [0.1, 0.15) is 41.5 Å². The van der Waals surface area contributed by atoms with Gasteiger partial charge >= 0.3 is 0 Å². The first kappa shape index (κ1) is 16.3. The molecule has 0 aliphatic heterocycles. The number of benzene rings is 1. The summed E-state index contributed by atoms with van der Waals surface area (Å²) < 4.78 is 41.0. The zero-order valence-electron chi connectivity index (χ0n) is 12.5. The van der Waals surface area contributed by atoms with Crippen molar-refractivity contribution >= 4 is 13.3 Å². The highest BCUT2D eigenvalue weighted by molar-refractivity contribution is 6.95. The molecule has 0 unspecified atom stereocenters. The van der Waals surface area contributed by atoms with Crippen molar-refractivity contribution in [3.8, 4) is 0 Å². The topological polar surface area (TPSA) is 0 Å². The van der Waals surface area contributed by atoms with Crippen molar-refractivity contribution in [3.63, 3.8) is 0 Å². The first-order valence-corrected chi connectivity index (χ1v) is 9.04. The fraction of sp³-hybridized carbons (Fsp3) is 0.600. The summed E-state index contributed by atoms with van der Waals surface area (Å²) >= 11 is 0. The summed E-state index contributed by atoms with van der Waals surface area (Å²) in [4.78, 5) is 0. The minimum absolute atomic E-state index is 0.256. The zero-order valence-corrected chi connectivity index (χ0v) is 13.5. The van der Waals surface area contributed by atoms with Crippen molar-refractivity contribution in [2.75, 3.05) is 0 Å². The van der Waals surface area contributed by atoms with Crippen molar-refractivity contribution < 1.29 is 13.2 Å². The Bertz CT molecular complexity index is 431. The van der Waals surface area contributed by atoms with Gasteiger partial charge in [0, 0.05) is 0 Å². The molecular formula is C15H23F3Si. The molecule has 0 saturated heterocycles. The molecular weight excluding hydrogens is 265 g/mol. The van der Waals surface area contributed by atoms with E-state index in [1.807, 2.05) is 0 Å². The fourth-order valence-corrected chi connectivity index (χ4v) is 10.5. The molecule has 1 aromatic rings. The quantitative estimate of drug-likeness (QED) is 0.541. The molecule has 0 nitrogen and oxygen atoms in total. The molecule has 0 aromatic heterocycles. The van der Waals surface area contributed by atoms with E-state index in [1.165, 1.54) is 6.07 Å². The van der Waals surface area contributed by atoms with Crippen molar-refractivity contribution in [3.05, 3.63) is 29.6 Å². The zero-order chi connectivity index (χ0) is 15.0. The third-order valence-electron chi connectivity index (χ3n) is 4.37. The Hall–Kier alpha value is -0.773. The molecule has 1 aromatic carbocycles. The van der Waals surface area contributed by atoms with Gasteiger partial charge in [-0.25, -0.2) is 13.2 Å². The summed E-state index contributed by atoms with van der Waals surface area (Å²) in [7, 11) is -2.28. The van der Waals surface area contributed by atoms with Gasteiger partial charge in [0.05, 0.1) is 8.07 Å². The first-order chi connectivity index (χ1) is 8.67. The normalized spacial score (nSPS) is 12.8. The van der Waals surface area contributed by atoms with Crippen LogP contribution in [0.3, 0.4) is 0 Å². The monoisotopic (exact) mass is 288 g/mol. The molecule has 0 fully saturated rings. The highest BCUT2D eigenvalue weighted by Crippen LogP contribution is 2.41. The van der Waals surface area contributed by atoms with Crippen LogP contribution in [0.4, 0.5) is 13.2 Å². The van der Waals surface area contributed by atoms with E-state index in [4.69, 9.17) is 0 Å². The van der Waals surface area contributed by atoms with Crippen LogP contribution >= 0.6 is 0 Å². The maximum atomic E-state index is 14.3. The molecule has 0 saturated carbocycles. The second-order valence-electron chi connectivity index (χ2n) is 6.12. The lowest BCUT2D eigenvalue weighted by molar-refractivity contribution is 0.450. The summed E-state index contributed by atoms with van der Waals surface area (Å²) in [6, 6.07) is 2.52. The standard InChI is InChI=1S/C15H23F3Si/c1-9(2)19(10(3)4,11(5)6)13-8-7-12(16)14(17)15(13)18/h7-11H,1-6H3. The van der Waals surface area contributed by atoms with Crippen molar-refractivity contribution in [2.45, 2.75) is 58.2 Å². The van der Waals surface area contributed by atoms with Gasteiger partial charge in [-0.15, -0.1) is 0 Å². The predicted molar refractivity (Wildman–Crippen MR) is 77.0 cm³/mol. The van der Waals surface area contributed by atoms with Gasteiger partial charge in [-0.05, 0) is 27.9 Å². The molecule has 0 spiro atoms. The molecule has 0 aliphatic rings. The number of rotatable bonds is 4. The van der Waals surface area contributed by atoms with Crippen LogP contribution < -0.4 is 5.19 Å². The molecule has 0 N–H and O–H groups in total. The van der Waals surface area contributed by atoms with E-state index in [0.29, 0.717) is 5.19 Å². The number of halogens is 3. The number of hydrogen-bond acceptors (Lipinski definition) is 0. The molecule has 19 heavy (non-hydrogen) atoms. The Labute approximate surface area is 115 Å². The van der Waals surface area contributed by atoms with E-state index in [1.54, 1.807) is 0 Å². The average molecular weight is 288 g/mol. The van der Waals surface area contributed by atoms with Crippen molar-refractivity contribution in [1.82, 2.24) is 0 Å². The molecule has 0 atom stereocenters. The predicted octanol–water partition coefficient (Wildman–Crippen LogP) is 4.99. The minimum atomic E-state index is -2.28. The Morgan fingerprint density at radius 2 is 1.16 bits per heavy atom. The van der Waals surface area contributed by atoms with Gasteiger partial charge in [0.25, 0.3) is 0 Å². The minimum Gasteiger partial charge on any atom is -0.204 e. The van der Waals surface area contributed by atoms with E-state index < -0.39 is 25.5 Å². The number of hydrogen-bond donors (Lipinski definition) is 0. The van der Waals surface area contributed by atoms with E-state index >= 15 is 0 Å². The Morgan fingerprint density at radius 1 is 0.737 bits per heavy atom. The lowest BCUT2D eigenvalue weighted by Gasteiger charge is -2.43. The summed E-state index contributed by atoms with van der Waals surface area (Å²) in [5.41, 5.74) is 0.769. The fourth-order valence-electron chi connectivity index (χ4n) is 3.79. The van der Waals surface area contributed by atoms with E-state index in [-0.39, 0.29) is 16.6 Å². The lowest BCUT2D eigenvalue weighted by atomic mass is 10.3. The van der Waals surface area contributed by atoms with Crippen LogP contribution in [0.5, 0.6) is 0 Å². The smallest absolute Gasteiger partial charge is 0.194 e. The Balaban J connectivity index is 3.64. The third kappa shape index (κ3) is 2.47. The van der Waals surface area contributed by atoms with Gasteiger partial charge in [-0.3, -0.25) is 0 Å².